The lowest BCUT2D eigenvalue weighted by Crippen LogP contribution is -2.35. The van der Waals surface area contributed by atoms with Crippen LogP contribution in [0.25, 0.3) is 16.9 Å². The first-order valence-electron chi connectivity index (χ1n) is 11.4. The largest absolute Gasteiger partial charge is 0.393 e. The fourth-order valence-corrected chi connectivity index (χ4v) is 5.29. The number of halogens is 1. The van der Waals surface area contributed by atoms with Gasteiger partial charge in [0.25, 0.3) is 0 Å². The molecule has 0 bridgehead atoms. The Morgan fingerprint density at radius 1 is 1.12 bits per heavy atom. The molecule has 0 unspecified atom stereocenters. The van der Waals surface area contributed by atoms with Crippen molar-refractivity contribution in [2.75, 3.05) is 29.9 Å². The second kappa shape index (κ2) is 9.11. The summed E-state index contributed by atoms with van der Waals surface area (Å²) in [4.78, 5) is 14.2. The third-order valence-electron chi connectivity index (χ3n) is 6.24. The van der Waals surface area contributed by atoms with Gasteiger partial charge in [0.15, 0.2) is 0 Å². The standard InChI is InChI=1S/C25H28FN5OS/c1-3-21-25(29(2)15-24-28-22(16-33-24)17-4-6-18(26)7-5-17)31-14-19(8-9-23(31)27-21)30-12-10-20(32)11-13-30/h4-9,14,16,20,32H,3,10-13,15H2,1-2H3. The van der Waals surface area contributed by atoms with Gasteiger partial charge in [-0.1, -0.05) is 6.92 Å². The maximum Gasteiger partial charge on any atom is 0.138 e. The molecule has 1 aliphatic rings. The molecule has 4 aromatic rings. The molecule has 0 radical (unpaired) electrons. The van der Waals surface area contributed by atoms with Crippen LogP contribution in [0.3, 0.4) is 0 Å². The molecule has 5 rings (SSSR count). The summed E-state index contributed by atoms with van der Waals surface area (Å²) in [5, 5.41) is 12.9. The van der Waals surface area contributed by atoms with E-state index in [0.717, 1.165) is 71.5 Å². The number of rotatable bonds is 6. The minimum atomic E-state index is -0.242. The van der Waals surface area contributed by atoms with E-state index in [4.69, 9.17) is 9.97 Å². The molecule has 4 heterocycles. The normalized spacial score (nSPS) is 14.8. The Morgan fingerprint density at radius 2 is 1.88 bits per heavy atom. The number of aromatic nitrogens is 3. The fraction of sp³-hybridized carbons (Fsp3) is 0.360. The predicted molar refractivity (Wildman–Crippen MR) is 132 cm³/mol. The van der Waals surface area contributed by atoms with Crippen LogP contribution in [0.1, 0.15) is 30.5 Å². The van der Waals surface area contributed by atoms with Gasteiger partial charge in [-0.15, -0.1) is 11.3 Å². The summed E-state index contributed by atoms with van der Waals surface area (Å²) in [7, 11) is 2.07. The zero-order valence-corrected chi connectivity index (χ0v) is 19.7. The molecule has 6 nitrogen and oxygen atoms in total. The van der Waals surface area contributed by atoms with Gasteiger partial charge >= 0.3 is 0 Å². The van der Waals surface area contributed by atoms with E-state index < -0.39 is 0 Å². The molecule has 1 aromatic carbocycles. The van der Waals surface area contributed by atoms with Crippen LogP contribution >= 0.6 is 11.3 Å². The molecule has 1 saturated heterocycles. The molecule has 33 heavy (non-hydrogen) atoms. The average Bonchev–Trinajstić information content (AvgIpc) is 3.44. The van der Waals surface area contributed by atoms with Crippen molar-refractivity contribution in [3.8, 4) is 11.3 Å². The first-order chi connectivity index (χ1) is 16.0. The maximum atomic E-state index is 13.3. The van der Waals surface area contributed by atoms with Crippen molar-refractivity contribution in [2.45, 2.75) is 38.8 Å². The van der Waals surface area contributed by atoms with Gasteiger partial charge in [0.05, 0.1) is 29.7 Å². The predicted octanol–water partition coefficient (Wildman–Crippen LogP) is 4.76. The first-order valence-corrected chi connectivity index (χ1v) is 12.2. The van der Waals surface area contributed by atoms with E-state index in [-0.39, 0.29) is 11.9 Å². The Labute approximate surface area is 197 Å². The number of aliphatic hydroxyl groups excluding tert-OH is 1. The highest BCUT2D eigenvalue weighted by Gasteiger charge is 2.20. The number of fused-ring (bicyclic) bond motifs is 1. The third-order valence-corrected chi connectivity index (χ3v) is 7.07. The number of piperidine rings is 1. The number of thiazole rings is 1. The molecule has 0 saturated carbocycles. The van der Waals surface area contributed by atoms with E-state index >= 15 is 0 Å². The fourth-order valence-electron chi connectivity index (χ4n) is 4.44. The lowest BCUT2D eigenvalue weighted by molar-refractivity contribution is 0.145. The lowest BCUT2D eigenvalue weighted by Gasteiger charge is -2.31. The molecule has 1 fully saturated rings. The van der Waals surface area contributed by atoms with E-state index in [2.05, 4.69) is 46.5 Å². The van der Waals surface area contributed by atoms with E-state index in [0.29, 0.717) is 6.54 Å². The number of anilines is 2. The monoisotopic (exact) mass is 465 g/mol. The average molecular weight is 466 g/mol. The Kier molecular flexibility index (Phi) is 6.03. The molecule has 8 heteroatoms. The number of nitrogens with zero attached hydrogens (tertiary/aromatic N) is 5. The van der Waals surface area contributed by atoms with Crippen molar-refractivity contribution in [3.63, 3.8) is 0 Å². The van der Waals surface area contributed by atoms with Crippen LogP contribution in [0.4, 0.5) is 15.9 Å². The Bertz CT molecular complexity index is 1240. The van der Waals surface area contributed by atoms with Crippen LogP contribution < -0.4 is 9.80 Å². The van der Waals surface area contributed by atoms with Crippen molar-refractivity contribution >= 4 is 28.5 Å². The van der Waals surface area contributed by atoms with Crippen LogP contribution in [0.5, 0.6) is 0 Å². The van der Waals surface area contributed by atoms with Crippen LogP contribution in [0.15, 0.2) is 48.0 Å². The van der Waals surface area contributed by atoms with Crippen molar-refractivity contribution in [3.05, 3.63) is 64.5 Å². The summed E-state index contributed by atoms with van der Waals surface area (Å²) < 4.78 is 15.4. The highest BCUT2D eigenvalue weighted by Crippen LogP contribution is 2.29. The summed E-state index contributed by atoms with van der Waals surface area (Å²) >= 11 is 1.61. The topological polar surface area (TPSA) is 56.9 Å². The number of aliphatic hydroxyl groups is 1. The first kappa shape index (κ1) is 21.9. The second-order valence-corrected chi connectivity index (χ2v) is 9.50. The number of hydrogen-bond donors (Lipinski definition) is 1. The molecule has 0 spiro atoms. The van der Waals surface area contributed by atoms with Gasteiger partial charge in [-0.3, -0.25) is 4.40 Å². The molecule has 172 valence electrons. The number of benzene rings is 1. The second-order valence-electron chi connectivity index (χ2n) is 8.56. The van der Waals surface area contributed by atoms with Gasteiger partial charge in [-0.2, -0.15) is 0 Å². The van der Waals surface area contributed by atoms with Gasteiger partial charge in [0, 0.05) is 37.3 Å². The third kappa shape index (κ3) is 4.45. The molecule has 1 N–H and O–H groups in total. The summed E-state index contributed by atoms with van der Waals surface area (Å²) in [5.74, 6) is 0.832. The number of pyridine rings is 1. The van der Waals surface area contributed by atoms with E-state index in [9.17, 15) is 9.50 Å². The highest BCUT2D eigenvalue weighted by molar-refractivity contribution is 7.10. The lowest BCUT2D eigenvalue weighted by atomic mass is 10.1. The molecule has 0 amide bonds. The van der Waals surface area contributed by atoms with Gasteiger partial charge in [-0.25, -0.2) is 14.4 Å². The maximum absolute atomic E-state index is 13.3. The van der Waals surface area contributed by atoms with E-state index in [1.54, 1.807) is 23.5 Å². The quantitative estimate of drug-likeness (QED) is 0.445. The van der Waals surface area contributed by atoms with Crippen LogP contribution in [-0.4, -0.2) is 45.7 Å². The Balaban J connectivity index is 1.42. The SMILES string of the molecule is CCc1nc2ccc(N3CCC(O)CC3)cn2c1N(C)Cc1nc(-c2ccc(F)cc2)cs1. The molecule has 0 aliphatic carbocycles. The molecule has 0 atom stereocenters. The summed E-state index contributed by atoms with van der Waals surface area (Å²) in [6, 6.07) is 10.7. The van der Waals surface area contributed by atoms with Crippen LogP contribution in [0.2, 0.25) is 0 Å². The zero-order chi connectivity index (χ0) is 22.9. The number of aryl methyl sites for hydroxylation is 1. The Hall–Kier alpha value is -2.97. The van der Waals surface area contributed by atoms with Gasteiger partial charge in [0.2, 0.25) is 0 Å². The summed E-state index contributed by atoms with van der Waals surface area (Å²) in [6.07, 6.45) is 4.41. The molecule has 3 aromatic heterocycles. The number of imidazole rings is 1. The zero-order valence-electron chi connectivity index (χ0n) is 18.9. The van der Waals surface area contributed by atoms with Crippen LogP contribution in [0, 0.1) is 5.82 Å². The number of hydrogen-bond acceptors (Lipinski definition) is 6. The minimum absolute atomic E-state index is 0.190. The molecular formula is C25H28FN5OS. The van der Waals surface area contributed by atoms with Crippen molar-refractivity contribution in [1.29, 1.82) is 0 Å². The van der Waals surface area contributed by atoms with Gasteiger partial charge in [-0.05, 0) is 55.7 Å². The Morgan fingerprint density at radius 3 is 2.61 bits per heavy atom. The highest BCUT2D eigenvalue weighted by atomic mass is 32.1. The minimum Gasteiger partial charge on any atom is -0.393 e. The summed E-state index contributed by atoms with van der Waals surface area (Å²) in [6.45, 7) is 4.51. The van der Waals surface area contributed by atoms with Crippen molar-refractivity contribution in [2.24, 2.45) is 0 Å². The molecular weight excluding hydrogens is 437 g/mol. The van der Waals surface area contributed by atoms with E-state index in [1.165, 1.54) is 12.1 Å². The molecule has 1 aliphatic heterocycles. The van der Waals surface area contributed by atoms with E-state index in [1.807, 2.05) is 5.38 Å². The smallest absolute Gasteiger partial charge is 0.138 e. The van der Waals surface area contributed by atoms with Gasteiger partial charge in [0.1, 0.15) is 22.3 Å². The van der Waals surface area contributed by atoms with Crippen molar-refractivity contribution < 1.29 is 9.50 Å². The van der Waals surface area contributed by atoms with Gasteiger partial charge < -0.3 is 14.9 Å². The van der Waals surface area contributed by atoms with Crippen molar-refractivity contribution in [1.82, 2.24) is 14.4 Å². The summed E-state index contributed by atoms with van der Waals surface area (Å²) in [5.41, 5.74) is 4.92. The van der Waals surface area contributed by atoms with Crippen LogP contribution in [-0.2, 0) is 13.0 Å².